The Bertz CT molecular complexity index is 184. The molecule has 0 aliphatic carbocycles. The molecule has 0 aromatic carbocycles. The molecule has 1 rings (SSSR count). The molecule has 1 aliphatic rings. The van der Waals surface area contributed by atoms with Gasteiger partial charge in [0.05, 0.1) is 12.7 Å². The molecule has 2 heteroatoms. The normalized spacial score (nSPS) is 24.6. The van der Waals surface area contributed by atoms with Gasteiger partial charge in [-0.15, -0.1) is 11.8 Å². The summed E-state index contributed by atoms with van der Waals surface area (Å²) in [5.74, 6) is 6.14. The Morgan fingerprint density at radius 1 is 1.62 bits per heavy atom. The number of aliphatic hydroxyl groups is 1. The van der Waals surface area contributed by atoms with Gasteiger partial charge in [0.25, 0.3) is 0 Å². The van der Waals surface area contributed by atoms with E-state index in [1.807, 2.05) is 6.92 Å². The fourth-order valence-corrected chi connectivity index (χ4v) is 1.65. The van der Waals surface area contributed by atoms with Gasteiger partial charge in [-0.2, -0.15) is 0 Å². The Labute approximate surface area is 80.3 Å². The summed E-state index contributed by atoms with van der Waals surface area (Å²) in [6.45, 7) is 3.41. The first-order chi connectivity index (χ1) is 6.34. The topological polar surface area (TPSA) is 29.5 Å². The molecule has 2 nitrogen and oxygen atoms in total. The van der Waals surface area contributed by atoms with E-state index in [1.54, 1.807) is 0 Å². The zero-order valence-electron chi connectivity index (χ0n) is 8.25. The second-order valence-corrected chi connectivity index (χ2v) is 3.51. The number of ether oxygens (including phenoxy) is 1. The second kappa shape index (κ2) is 6.01. The van der Waals surface area contributed by atoms with Crippen LogP contribution in [0.2, 0.25) is 0 Å². The summed E-state index contributed by atoms with van der Waals surface area (Å²) < 4.78 is 5.31. The lowest BCUT2D eigenvalue weighted by atomic mass is 9.93. The maximum atomic E-state index is 9.75. The highest BCUT2D eigenvalue weighted by atomic mass is 16.5. The van der Waals surface area contributed by atoms with Gasteiger partial charge in [0, 0.05) is 18.9 Å². The van der Waals surface area contributed by atoms with Crippen molar-refractivity contribution < 1.29 is 9.84 Å². The van der Waals surface area contributed by atoms with Crippen molar-refractivity contribution in [3.8, 4) is 11.8 Å². The van der Waals surface area contributed by atoms with E-state index >= 15 is 0 Å². The van der Waals surface area contributed by atoms with Crippen LogP contribution >= 0.6 is 0 Å². The van der Waals surface area contributed by atoms with Crippen molar-refractivity contribution in [3.05, 3.63) is 0 Å². The maximum absolute atomic E-state index is 9.75. The number of hydrogen-bond donors (Lipinski definition) is 1. The molecule has 1 N–H and O–H groups in total. The van der Waals surface area contributed by atoms with Gasteiger partial charge in [-0.1, -0.05) is 0 Å². The molecule has 1 aliphatic heterocycles. The molecule has 0 aromatic rings. The molecule has 1 heterocycles. The zero-order chi connectivity index (χ0) is 9.52. The Hall–Kier alpha value is -0.520. The minimum atomic E-state index is -0.221. The predicted molar refractivity (Wildman–Crippen MR) is 52.2 cm³/mol. The zero-order valence-corrected chi connectivity index (χ0v) is 8.25. The van der Waals surface area contributed by atoms with E-state index in [4.69, 9.17) is 4.74 Å². The smallest absolute Gasteiger partial charge is 0.0599 e. The summed E-state index contributed by atoms with van der Waals surface area (Å²) in [5, 5.41) is 9.75. The van der Waals surface area contributed by atoms with E-state index in [1.165, 1.54) is 0 Å². The maximum Gasteiger partial charge on any atom is 0.0599 e. The minimum absolute atomic E-state index is 0.221. The van der Waals surface area contributed by atoms with Crippen LogP contribution < -0.4 is 0 Å². The van der Waals surface area contributed by atoms with E-state index in [0.717, 1.165) is 38.9 Å². The van der Waals surface area contributed by atoms with Crippen LogP contribution in [0.1, 0.15) is 32.6 Å². The average molecular weight is 182 g/mol. The fraction of sp³-hybridized carbons (Fsp3) is 0.818. The highest BCUT2D eigenvalue weighted by Gasteiger charge is 2.21. The van der Waals surface area contributed by atoms with Crippen LogP contribution in [0.25, 0.3) is 0 Å². The standard InChI is InChI=1S/C11H18O2/c1-2-3-4-7-11(12)10-6-5-8-13-9-10/h10-12H,4-9H2,1H3. The number of hydrogen-bond acceptors (Lipinski definition) is 2. The lowest BCUT2D eigenvalue weighted by Gasteiger charge is -2.26. The highest BCUT2D eigenvalue weighted by molar-refractivity contribution is 4.95. The third kappa shape index (κ3) is 3.80. The first-order valence-corrected chi connectivity index (χ1v) is 5.00. The van der Waals surface area contributed by atoms with Crippen molar-refractivity contribution in [2.24, 2.45) is 5.92 Å². The molecular weight excluding hydrogens is 164 g/mol. The Kier molecular flexibility index (Phi) is 4.88. The SMILES string of the molecule is CC#CCCC(O)C1CCCOC1. The van der Waals surface area contributed by atoms with Crippen molar-refractivity contribution >= 4 is 0 Å². The summed E-state index contributed by atoms with van der Waals surface area (Å²) in [6.07, 6.45) is 3.55. The van der Waals surface area contributed by atoms with Crippen LogP contribution in [-0.4, -0.2) is 24.4 Å². The van der Waals surface area contributed by atoms with Gasteiger partial charge in [-0.05, 0) is 26.2 Å². The summed E-state index contributed by atoms with van der Waals surface area (Å²) in [7, 11) is 0. The van der Waals surface area contributed by atoms with Gasteiger partial charge in [0.1, 0.15) is 0 Å². The van der Waals surface area contributed by atoms with Gasteiger partial charge >= 0.3 is 0 Å². The van der Waals surface area contributed by atoms with Crippen molar-refractivity contribution in [1.82, 2.24) is 0 Å². The first kappa shape index (κ1) is 10.6. The molecule has 1 fully saturated rings. The highest BCUT2D eigenvalue weighted by Crippen LogP contribution is 2.19. The molecule has 13 heavy (non-hydrogen) atoms. The average Bonchev–Trinajstić information content (AvgIpc) is 2.19. The summed E-state index contributed by atoms with van der Waals surface area (Å²) in [4.78, 5) is 0. The Balaban J connectivity index is 2.19. The van der Waals surface area contributed by atoms with Gasteiger partial charge < -0.3 is 9.84 Å². The van der Waals surface area contributed by atoms with Crippen molar-refractivity contribution in [3.63, 3.8) is 0 Å². The van der Waals surface area contributed by atoms with Gasteiger partial charge in [0.2, 0.25) is 0 Å². The molecule has 0 saturated carbocycles. The fourth-order valence-electron chi connectivity index (χ4n) is 1.65. The molecule has 2 atom stereocenters. The van der Waals surface area contributed by atoms with E-state index < -0.39 is 0 Å². The third-order valence-electron chi connectivity index (χ3n) is 2.48. The predicted octanol–water partition coefficient (Wildman–Crippen LogP) is 1.58. The molecular formula is C11H18O2. The monoisotopic (exact) mass is 182 g/mol. The van der Waals surface area contributed by atoms with Crippen LogP contribution in [0.5, 0.6) is 0 Å². The number of rotatable bonds is 3. The van der Waals surface area contributed by atoms with Crippen LogP contribution in [-0.2, 0) is 4.74 Å². The van der Waals surface area contributed by atoms with Crippen LogP contribution in [0.15, 0.2) is 0 Å². The number of aliphatic hydroxyl groups excluding tert-OH is 1. The summed E-state index contributed by atoms with van der Waals surface area (Å²) in [6, 6.07) is 0. The first-order valence-electron chi connectivity index (χ1n) is 5.00. The van der Waals surface area contributed by atoms with E-state index in [9.17, 15) is 5.11 Å². The summed E-state index contributed by atoms with van der Waals surface area (Å²) in [5.41, 5.74) is 0. The van der Waals surface area contributed by atoms with Crippen LogP contribution in [0, 0.1) is 17.8 Å². The lowest BCUT2D eigenvalue weighted by molar-refractivity contribution is -0.0112. The van der Waals surface area contributed by atoms with Crippen molar-refractivity contribution in [1.29, 1.82) is 0 Å². The van der Waals surface area contributed by atoms with Crippen LogP contribution in [0.3, 0.4) is 0 Å². The molecule has 0 radical (unpaired) electrons. The molecule has 2 unspecified atom stereocenters. The van der Waals surface area contributed by atoms with Gasteiger partial charge in [0.15, 0.2) is 0 Å². The Morgan fingerprint density at radius 3 is 3.08 bits per heavy atom. The molecule has 0 aromatic heterocycles. The van der Waals surface area contributed by atoms with E-state index in [0.29, 0.717) is 5.92 Å². The van der Waals surface area contributed by atoms with E-state index in [2.05, 4.69) is 11.8 Å². The summed E-state index contributed by atoms with van der Waals surface area (Å²) >= 11 is 0. The second-order valence-electron chi connectivity index (χ2n) is 3.51. The van der Waals surface area contributed by atoms with Gasteiger partial charge in [-0.25, -0.2) is 0 Å². The molecule has 0 bridgehead atoms. The van der Waals surface area contributed by atoms with Crippen molar-refractivity contribution in [2.75, 3.05) is 13.2 Å². The minimum Gasteiger partial charge on any atom is -0.393 e. The van der Waals surface area contributed by atoms with Crippen molar-refractivity contribution in [2.45, 2.75) is 38.7 Å². The van der Waals surface area contributed by atoms with E-state index in [-0.39, 0.29) is 6.10 Å². The van der Waals surface area contributed by atoms with Gasteiger partial charge in [-0.3, -0.25) is 0 Å². The molecule has 1 saturated heterocycles. The quantitative estimate of drug-likeness (QED) is 0.671. The molecule has 0 spiro atoms. The van der Waals surface area contributed by atoms with Crippen LogP contribution in [0.4, 0.5) is 0 Å². The Morgan fingerprint density at radius 2 is 2.46 bits per heavy atom. The molecule has 0 amide bonds. The lowest BCUT2D eigenvalue weighted by Crippen LogP contribution is -2.28. The molecule has 74 valence electrons. The largest absolute Gasteiger partial charge is 0.393 e. The third-order valence-corrected chi connectivity index (χ3v) is 2.48.